The zero-order valence-corrected chi connectivity index (χ0v) is 24.1. The van der Waals surface area contributed by atoms with Crippen LogP contribution in [0.1, 0.15) is 29.2 Å². The average molecular weight is 599 g/mol. The lowest BCUT2D eigenvalue weighted by Crippen LogP contribution is -2.55. The lowest BCUT2D eigenvalue weighted by molar-refractivity contribution is -0.183. The maximum absolute atomic E-state index is 13.6. The fraction of sp³-hybridized carbons (Fsp3) is 0.200. The number of hydrogen-bond acceptors (Lipinski definition) is 6. The van der Waals surface area contributed by atoms with Gasteiger partial charge in [0, 0.05) is 6.42 Å². The number of aliphatic hydroxyl groups is 1. The molecule has 0 heterocycles. The molecule has 4 aromatic carbocycles. The van der Waals surface area contributed by atoms with Crippen LogP contribution in [0.4, 0.5) is 0 Å². The predicted octanol–water partition coefficient (Wildman–Crippen LogP) is 5.69. The third-order valence-electron chi connectivity index (χ3n) is 6.50. The average Bonchev–Trinajstić information content (AvgIpc) is 2.95. The standard InChI is InChI=1S/C30H32O9P2/c1-24(31)23-37-29(26-16-8-3-9-17-26,22-25-14-6-2-7-15-25)30(27-18-10-4-11-19-27,28-20-12-5-13-21-28)38-41(35,36)39-40(32,33)34/h2-21,24,31H,22-23H2,1H3,(H,35,36)(H2,32,33,34). The van der Waals surface area contributed by atoms with E-state index in [1.54, 1.807) is 97.9 Å². The molecule has 0 aliphatic carbocycles. The van der Waals surface area contributed by atoms with Crippen LogP contribution in [0, 0.1) is 0 Å². The highest BCUT2D eigenvalue weighted by atomic mass is 31.3. The highest BCUT2D eigenvalue weighted by Crippen LogP contribution is 2.65. The smallest absolute Gasteiger partial charge is 0.391 e. The molecule has 0 spiro atoms. The van der Waals surface area contributed by atoms with E-state index in [2.05, 4.69) is 4.31 Å². The Balaban J connectivity index is 2.18. The van der Waals surface area contributed by atoms with Crippen LogP contribution in [0.15, 0.2) is 121 Å². The number of phosphoric ester groups is 1. The summed E-state index contributed by atoms with van der Waals surface area (Å²) in [6.07, 6.45) is -0.907. The minimum absolute atomic E-state index is 0.0459. The van der Waals surface area contributed by atoms with Gasteiger partial charge in [0.25, 0.3) is 0 Å². The molecule has 4 rings (SSSR count). The van der Waals surface area contributed by atoms with Crippen LogP contribution in [0.25, 0.3) is 0 Å². The molecule has 4 aromatic rings. The van der Waals surface area contributed by atoms with Crippen LogP contribution in [0.2, 0.25) is 0 Å². The van der Waals surface area contributed by atoms with Crippen molar-refractivity contribution < 1.29 is 42.5 Å². The van der Waals surface area contributed by atoms with E-state index >= 15 is 0 Å². The maximum Gasteiger partial charge on any atom is 0.482 e. The van der Waals surface area contributed by atoms with Gasteiger partial charge in [-0.3, -0.25) is 4.52 Å². The summed E-state index contributed by atoms with van der Waals surface area (Å²) in [5.41, 5.74) is -1.85. The zero-order valence-electron chi connectivity index (χ0n) is 22.3. The second-order valence-corrected chi connectivity index (χ2v) is 12.3. The Morgan fingerprint density at radius 2 is 1.10 bits per heavy atom. The summed E-state index contributed by atoms with van der Waals surface area (Å²) in [5, 5.41) is 10.4. The summed E-state index contributed by atoms with van der Waals surface area (Å²) in [5.74, 6) is 0. The van der Waals surface area contributed by atoms with Gasteiger partial charge in [0.2, 0.25) is 0 Å². The molecule has 0 aliphatic heterocycles. The van der Waals surface area contributed by atoms with E-state index in [9.17, 15) is 28.9 Å². The van der Waals surface area contributed by atoms with Gasteiger partial charge in [-0.25, -0.2) is 9.13 Å². The Hall–Kier alpha value is -2.94. The number of aliphatic hydroxyl groups excluding tert-OH is 1. The molecule has 9 nitrogen and oxygen atoms in total. The van der Waals surface area contributed by atoms with Crippen molar-refractivity contribution in [3.63, 3.8) is 0 Å². The summed E-state index contributed by atoms with van der Waals surface area (Å²) in [7, 11) is -11.0. The zero-order chi connectivity index (χ0) is 29.6. The van der Waals surface area contributed by atoms with Gasteiger partial charge in [-0.15, -0.1) is 0 Å². The van der Waals surface area contributed by atoms with Crippen molar-refractivity contribution in [2.24, 2.45) is 0 Å². The predicted molar refractivity (Wildman–Crippen MR) is 154 cm³/mol. The number of benzene rings is 4. The van der Waals surface area contributed by atoms with Crippen molar-refractivity contribution in [2.45, 2.75) is 30.7 Å². The summed E-state index contributed by atoms with van der Waals surface area (Å²) < 4.78 is 42.5. The second-order valence-electron chi connectivity index (χ2n) is 9.56. The molecular formula is C30H32O9P2. The van der Waals surface area contributed by atoms with Gasteiger partial charge < -0.3 is 24.5 Å². The van der Waals surface area contributed by atoms with Gasteiger partial charge in [0.15, 0.2) is 5.60 Å². The molecular weight excluding hydrogens is 566 g/mol. The molecule has 0 saturated carbocycles. The molecule has 0 amide bonds. The molecule has 4 N–H and O–H groups in total. The van der Waals surface area contributed by atoms with Crippen LogP contribution in [0.5, 0.6) is 0 Å². The number of phosphoric acid groups is 2. The quantitative estimate of drug-likeness (QED) is 0.143. The molecule has 3 unspecified atom stereocenters. The maximum atomic E-state index is 13.6. The lowest BCUT2D eigenvalue weighted by Gasteiger charge is -2.51. The number of ether oxygens (including phenoxy) is 1. The first-order valence-electron chi connectivity index (χ1n) is 12.8. The highest BCUT2D eigenvalue weighted by molar-refractivity contribution is 7.60. The van der Waals surface area contributed by atoms with E-state index in [0.717, 1.165) is 5.56 Å². The molecule has 0 bridgehead atoms. The van der Waals surface area contributed by atoms with Gasteiger partial charge in [0.05, 0.1) is 12.7 Å². The molecule has 0 saturated heterocycles. The topological polar surface area (TPSA) is 143 Å². The van der Waals surface area contributed by atoms with E-state index in [1.807, 2.05) is 30.3 Å². The molecule has 0 fully saturated rings. The summed E-state index contributed by atoms with van der Waals surface area (Å²) >= 11 is 0. The monoisotopic (exact) mass is 598 g/mol. The minimum Gasteiger partial charge on any atom is -0.391 e. The summed E-state index contributed by atoms with van der Waals surface area (Å²) in [6, 6.07) is 35.1. The Morgan fingerprint density at radius 3 is 1.51 bits per heavy atom. The van der Waals surface area contributed by atoms with E-state index in [1.165, 1.54) is 0 Å². The second kappa shape index (κ2) is 12.9. The molecule has 0 aromatic heterocycles. The largest absolute Gasteiger partial charge is 0.482 e. The van der Waals surface area contributed by atoms with Gasteiger partial charge in [-0.05, 0) is 29.2 Å². The first-order chi connectivity index (χ1) is 19.5. The van der Waals surface area contributed by atoms with Crippen molar-refractivity contribution in [3.05, 3.63) is 144 Å². The van der Waals surface area contributed by atoms with Crippen LogP contribution in [0.3, 0.4) is 0 Å². The van der Waals surface area contributed by atoms with Gasteiger partial charge in [0.1, 0.15) is 5.60 Å². The summed E-state index contributed by atoms with van der Waals surface area (Å²) in [6.45, 7) is 1.32. The molecule has 3 atom stereocenters. The van der Waals surface area contributed by atoms with Crippen LogP contribution < -0.4 is 0 Å². The van der Waals surface area contributed by atoms with E-state index in [4.69, 9.17) is 9.26 Å². The van der Waals surface area contributed by atoms with Crippen molar-refractivity contribution in [1.29, 1.82) is 0 Å². The third kappa shape index (κ3) is 7.29. The normalized spacial score (nSPS) is 15.9. The Kier molecular flexibility index (Phi) is 9.77. The van der Waals surface area contributed by atoms with E-state index < -0.39 is 33.0 Å². The van der Waals surface area contributed by atoms with Crippen molar-refractivity contribution in [2.75, 3.05) is 6.61 Å². The molecule has 0 aliphatic rings. The fourth-order valence-corrected chi connectivity index (χ4v) is 6.91. The molecule has 216 valence electrons. The molecule has 11 heteroatoms. The van der Waals surface area contributed by atoms with E-state index in [-0.39, 0.29) is 13.0 Å². The van der Waals surface area contributed by atoms with Crippen molar-refractivity contribution >= 4 is 15.6 Å². The SMILES string of the molecule is CC(O)COC(Cc1ccccc1)(c1ccccc1)C(OP(=O)(O)OP(=O)(O)O)(c1ccccc1)c1ccccc1. The van der Waals surface area contributed by atoms with Crippen LogP contribution in [-0.2, 0) is 40.3 Å². The van der Waals surface area contributed by atoms with Crippen LogP contribution >= 0.6 is 15.6 Å². The lowest BCUT2D eigenvalue weighted by atomic mass is 9.66. The van der Waals surface area contributed by atoms with Crippen molar-refractivity contribution in [1.82, 2.24) is 0 Å². The Bertz CT molecular complexity index is 1440. The summed E-state index contributed by atoms with van der Waals surface area (Å²) in [4.78, 5) is 30.0. The fourth-order valence-electron chi connectivity index (χ4n) is 5.00. The van der Waals surface area contributed by atoms with Gasteiger partial charge in [-0.1, -0.05) is 121 Å². The van der Waals surface area contributed by atoms with Gasteiger partial charge >= 0.3 is 15.6 Å². The Labute approximate surface area is 238 Å². The number of rotatable bonds is 13. The number of hydrogen-bond donors (Lipinski definition) is 4. The third-order valence-corrected chi connectivity index (χ3v) is 8.68. The molecule has 41 heavy (non-hydrogen) atoms. The first-order valence-corrected chi connectivity index (χ1v) is 15.8. The van der Waals surface area contributed by atoms with Gasteiger partial charge in [-0.2, -0.15) is 4.31 Å². The Morgan fingerprint density at radius 1 is 0.683 bits per heavy atom. The van der Waals surface area contributed by atoms with E-state index in [0.29, 0.717) is 16.7 Å². The molecule has 0 radical (unpaired) electrons. The van der Waals surface area contributed by atoms with Crippen molar-refractivity contribution in [3.8, 4) is 0 Å². The van der Waals surface area contributed by atoms with Crippen LogP contribution in [-0.4, -0.2) is 32.5 Å². The first kappa shape index (κ1) is 31.0. The minimum atomic E-state index is -5.54. The highest BCUT2D eigenvalue weighted by Gasteiger charge is 2.61.